The maximum Gasteiger partial charge on any atom is 0.237 e. The third-order valence-electron chi connectivity index (χ3n) is 9.83. The SMILES string of the molecule is CCN1CN(C2CCC(CN(C)c3ccc(N4C(=O)Cc5cc(OC)c(OC(C)C)cc5[C@@H]4c4ccc(Cl)cc4)cn3)CC2)CC1=O. The fraction of sp³-hybridized carbons (Fsp3) is 0.486. The van der Waals surface area contributed by atoms with Crippen LogP contribution >= 0.6 is 11.6 Å². The molecule has 1 aromatic heterocycles. The highest BCUT2D eigenvalue weighted by molar-refractivity contribution is 6.30. The number of likely N-dealkylation sites (N-methyl/N-ethyl adjacent to an activating group) is 1. The summed E-state index contributed by atoms with van der Waals surface area (Å²) >= 11 is 6.28. The molecule has 1 atom stereocenters. The summed E-state index contributed by atoms with van der Waals surface area (Å²) < 4.78 is 11.8. The molecule has 2 amide bonds. The van der Waals surface area contributed by atoms with Crippen LogP contribution < -0.4 is 19.3 Å². The lowest BCUT2D eigenvalue weighted by Crippen LogP contribution is -2.41. The first kappa shape index (κ1) is 33.1. The number of carbonyl (C=O) groups is 2. The van der Waals surface area contributed by atoms with Crippen LogP contribution in [0.1, 0.15) is 69.2 Å². The quantitative estimate of drug-likeness (QED) is 0.252. The zero-order valence-corrected chi connectivity index (χ0v) is 28.9. The summed E-state index contributed by atoms with van der Waals surface area (Å²) in [6, 6.07) is 15.7. The van der Waals surface area contributed by atoms with Crippen LogP contribution in [0.4, 0.5) is 11.5 Å². The first-order valence-electron chi connectivity index (χ1n) is 16.8. The molecule has 2 fully saturated rings. The number of ether oxygens (including phenoxy) is 2. The number of pyridine rings is 1. The Kier molecular flexibility index (Phi) is 9.94. The third kappa shape index (κ3) is 7.06. The molecule has 47 heavy (non-hydrogen) atoms. The highest BCUT2D eigenvalue weighted by Crippen LogP contribution is 2.44. The number of amides is 2. The van der Waals surface area contributed by atoms with Crippen molar-refractivity contribution < 1.29 is 19.1 Å². The molecule has 0 unspecified atom stereocenters. The van der Waals surface area contributed by atoms with Gasteiger partial charge in [0.05, 0.1) is 50.8 Å². The minimum absolute atomic E-state index is 0.0153. The Morgan fingerprint density at radius 3 is 2.36 bits per heavy atom. The van der Waals surface area contributed by atoms with Gasteiger partial charge in [-0.25, -0.2) is 4.98 Å². The molecular weight excluding hydrogens is 614 g/mol. The molecule has 0 bridgehead atoms. The van der Waals surface area contributed by atoms with Crippen molar-refractivity contribution in [3.8, 4) is 11.5 Å². The lowest BCUT2D eigenvalue weighted by atomic mass is 9.85. The molecule has 2 aliphatic heterocycles. The molecule has 1 aliphatic carbocycles. The second kappa shape index (κ2) is 14.1. The second-order valence-corrected chi connectivity index (χ2v) is 13.8. The molecule has 0 N–H and O–H groups in total. The lowest BCUT2D eigenvalue weighted by molar-refractivity contribution is -0.126. The second-order valence-electron chi connectivity index (χ2n) is 13.3. The van der Waals surface area contributed by atoms with Gasteiger partial charge in [0, 0.05) is 31.2 Å². The van der Waals surface area contributed by atoms with Gasteiger partial charge in [0.15, 0.2) is 11.5 Å². The van der Waals surface area contributed by atoms with E-state index in [1.165, 1.54) is 0 Å². The Bertz CT molecular complexity index is 1570. The van der Waals surface area contributed by atoms with Crippen molar-refractivity contribution in [1.82, 2.24) is 14.8 Å². The molecule has 250 valence electrons. The first-order chi connectivity index (χ1) is 22.6. The number of fused-ring (bicyclic) bond motifs is 1. The number of benzene rings is 2. The maximum absolute atomic E-state index is 13.9. The van der Waals surface area contributed by atoms with Crippen LogP contribution in [-0.4, -0.2) is 79.2 Å². The van der Waals surface area contributed by atoms with E-state index in [0.717, 1.165) is 73.6 Å². The largest absolute Gasteiger partial charge is 0.493 e. The Hall–Kier alpha value is -3.82. The summed E-state index contributed by atoms with van der Waals surface area (Å²) in [5.74, 6) is 2.96. The van der Waals surface area contributed by atoms with Crippen molar-refractivity contribution >= 4 is 34.9 Å². The van der Waals surface area contributed by atoms with Crippen LogP contribution in [0.2, 0.25) is 5.02 Å². The van der Waals surface area contributed by atoms with Gasteiger partial charge in [-0.1, -0.05) is 23.7 Å². The molecule has 2 aromatic carbocycles. The number of methoxy groups -OCH3 is 1. The standard InChI is InChI=1S/C37H46ClN5O4/c1-6-41-23-42(22-36(41)45)29-13-7-25(8-14-29)21-40(4)34-16-15-30(20-39-34)43-35(44)18-27-17-32(46-5)33(47-24(2)3)19-31(27)37(43)26-9-11-28(38)12-10-26/h9-12,15-17,19-20,24-25,29,37H,6-8,13-14,18,21-23H2,1-5H3/t25?,29?,37-/m0/s1. The van der Waals surface area contributed by atoms with E-state index in [4.69, 9.17) is 26.1 Å². The summed E-state index contributed by atoms with van der Waals surface area (Å²) in [5.41, 5.74) is 3.58. The molecule has 3 aliphatic rings. The van der Waals surface area contributed by atoms with Crippen molar-refractivity contribution in [2.45, 2.75) is 71.1 Å². The molecule has 1 saturated heterocycles. The van der Waals surface area contributed by atoms with Crippen LogP contribution in [0.25, 0.3) is 0 Å². The van der Waals surface area contributed by atoms with E-state index in [2.05, 4.69) is 16.8 Å². The summed E-state index contributed by atoms with van der Waals surface area (Å²) in [4.78, 5) is 39.3. The fourth-order valence-electron chi connectivity index (χ4n) is 7.39. The van der Waals surface area contributed by atoms with E-state index < -0.39 is 0 Å². The van der Waals surface area contributed by atoms with Gasteiger partial charge in [-0.05, 0) is 105 Å². The van der Waals surface area contributed by atoms with Gasteiger partial charge in [0.25, 0.3) is 0 Å². The molecule has 6 rings (SSSR count). The highest BCUT2D eigenvalue weighted by atomic mass is 35.5. The minimum Gasteiger partial charge on any atom is -0.493 e. The number of hydrogen-bond acceptors (Lipinski definition) is 7. The van der Waals surface area contributed by atoms with Crippen molar-refractivity contribution in [1.29, 1.82) is 0 Å². The average Bonchev–Trinajstić information content (AvgIpc) is 3.45. The molecule has 0 radical (unpaired) electrons. The van der Waals surface area contributed by atoms with Crippen molar-refractivity contribution in [3.05, 3.63) is 76.4 Å². The number of anilines is 2. The number of nitrogens with zero attached hydrogens (tertiary/aromatic N) is 5. The summed E-state index contributed by atoms with van der Waals surface area (Å²) in [6.07, 6.45) is 6.54. The molecular formula is C37H46ClN5O4. The van der Waals surface area contributed by atoms with Crippen LogP contribution in [0.3, 0.4) is 0 Å². The first-order valence-corrected chi connectivity index (χ1v) is 17.2. The number of aromatic nitrogens is 1. The molecule has 3 heterocycles. The van der Waals surface area contributed by atoms with E-state index in [9.17, 15) is 9.59 Å². The maximum atomic E-state index is 13.9. The predicted octanol–water partition coefficient (Wildman–Crippen LogP) is 6.33. The number of rotatable bonds is 10. The Morgan fingerprint density at radius 1 is 1.00 bits per heavy atom. The highest BCUT2D eigenvalue weighted by Gasteiger charge is 2.37. The van der Waals surface area contributed by atoms with Crippen LogP contribution in [-0.2, 0) is 16.0 Å². The minimum atomic E-state index is -0.389. The molecule has 0 spiro atoms. The number of hydrogen-bond donors (Lipinski definition) is 0. The Morgan fingerprint density at radius 2 is 1.74 bits per heavy atom. The predicted molar refractivity (Wildman–Crippen MR) is 185 cm³/mol. The van der Waals surface area contributed by atoms with Crippen LogP contribution in [0.5, 0.6) is 11.5 Å². The van der Waals surface area contributed by atoms with Crippen molar-refractivity contribution in [2.75, 3.05) is 50.3 Å². The zero-order valence-electron chi connectivity index (χ0n) is 28.1. The summed E-state index contributed by atoms with van der Waals surface area (Å²) in [6.45, 7) is 9.05. The number of carbonyl (C=O) groups excluding carboxylic acids is 2. The van der Waals surface area contributed by atoms with Gasteiger partial charge in [0.2, 0.25) is 11.8 Å². The van der Waals surface area contributed by atoms with Crippen LogP contribution in [0.15, 0.2) is 54.7 Å². The van der Waals surface area contributed by atoms with Gasteiger partial charge in [-0.3, -0.25) is 19.4 Å². The van der Waals surface area contributed by atoms with E-state index in [1.807, 2.05) is 85.3 Å². The smallest absolute Gasteiger partial charge is 0.237 e. The molecule has 1 saturated carbocycles. The van der Waals surface area contributed by atoms with Crippen molar-refractivity contribution in [2.24, 2.45) is 5.92 Å². The Balaban J connectivity index is 1.19. The third-order valence-corrected chi connectivity index (χ3v) is 10.1. The summed E-state index contributed by atoms with van der Waals surface area (Å²) in [5, 5.41) is 0.637. The van der Waals surface area contributed by atoms with E-state index in [0.29, 0.717) is 35.0 Å². The average molecular weight is 660 g/mol. The van der Waals surface area contributed by atoms with E-state index in [1.54, 1.807) is 7.11 Å². The van der Waals surface area contributed by atoms with E-state index >= 15 is 0 Å². The van der Waals surface area contributed by atoms with Crippen molar-refractivity contribution in [3.63, 3.8) is 0 Å². The van der Waals surface area contributed by atoms with Gasteiger partial charge in [-0.15, -0.1) is 0 Å². The van der Waals surface area contributed by atoms with Crippen LogP contribution in [0, 0.1) is 5.92 Å². The molecule has 3 aromatic rings. The lowest BCUT2D eigenvalue weighted by Gasteiger charge is -2.38. The van der Waals surface area contributed by atoms with Gasteiger partial charge >= 0.3 is 0 Å². The van der Waals surface area contributed by atoms with E-state index in [-0.39, 0.29) is 30.4 Å². The monoisotopic (exact) mass is 659 g/mol. The van der Waals surface area contributed by atoms with Gasteiger partial charge in [-0.2, -0.15) is 0 Å². The zero-order chi connectivity index (χ0) is 33.2. The Labute approximate surface area is 283 Å². The normalized spacial score (nSPS) is 21.7. The topological polar surface area (TPSA) is 78.5 Å². The molecule has 10 heteroatoms. The summed E-state index contributed by atoms with van der Waals surface area (Å²) in [7, 11) is 3.71. The molecule has 9 nitrogen and oxygen atoms in total. The number of halogens is 1. The fourth-order valence-corrected chi connectivity index (χ4v) is 7.52. The van der Waals surface area contributed by atoms with Gasteiger partial charge < -0.3 is 19.3 Å². The van der Waals surface area contributed by atoms with Gasteiger partial charge in [0.1, 0.15) is 5.82 Å².